The van der Waals surface area contributed by atoms with Gasteiger partial charge in [-0.1, -0.05) is 72.8 Å². The van der Waals surface area contributed by atoms with E-state index in [0.717, 1.165) is 25.9 Å². The van der Waals surface area contributed by atoms with Gasteiger partial charge in [-0.15, -0.1) is 0 Å². The lowest BCUT2D eigenvalue weighted by Crippen LogP contribution is -2.26. The summed E-state index contributed by atoms with van der Waals surface area (Å²) in [5, 5.41) is 0. The molecule has 0 saturated carbocycles. The van der Waals surface area contributed by atoms with Crippen molar-refractivity contribution >= 4 is 17.6 Å². The molecule has 0 aromatic heterocycles. The maximum Gasteiger partial charge on any atom is 0.209 e. The lowest BCUT2D eigenvalue weighted by molar-refractivity contribution is -0.117. The Morgan fingerprint density at radius 2 is 1.35 bits per heavy atom. The molecule has 1 aliphatic heterocycles. The van der Waals surface area contributed by atoms with Gasteiger partial charge in [-0.2, -0.15) is 0 Å². The van der Waals surface area contributed by atoms with Crippen LogP contribution in [0.5, 0.6) is 0 Å². The first-order valence-electron chi connectivity index (χ1n) is 9.55. The Morgan fingerprint density at radius 1 is 0.731 bits per heavy atom. The molecule has 1 aliphatic carbocycles. The fourth-order valence-electron chi connectivity index (χ4n) is 3.45. The van der Waals surface area contributed by atoms with Gasteiger partial charge in [-0.25, -0.2) is 0 Å². The van der Waals surface area contributed by atoms with Crippen molar-refractivity contribution in [2.45, 2.75) is 32.1 Å². The molecule has 0 N–H and O–H groups in total. The predicted molar refractivity (Wildman–Crippen MR) is 110 cm³/mol. The zero-order valence-electron chi connectivity index (χ0n) is 15.3. The van der Waals surface area contributed by atoms with E-state index in [1.54, 1.807) is 10.5 Å². The van der Waals surface area contributed by atoms with Crippen LogP contribution in [0.4, 0.5) is 0 Å². The minimum absolute atomic E-state index is 0.744. The molecule has 2 aromatic rings. The molecule has 0 saturated heterocycles. The Hall–Kier alpha value is -2.61. The molecule has 0 bridgehead atoms. The van der Waals surface area contributed by atoms with Crippen molar-refractivity contribution in [1.82, 2.24) is 4.90 Å². The molecule has 0 unspecified atom stereocenters. The van der Waals surface area contributed by atoms with Crippen LogP contribution in [0.3, 0.4) is 0 Å². The molecule has 0 spiro atoms. The van der Waals surface area contributed by atoms with E-state index in [1.807, 2.05) is 18.2 Å². The van der Waals surface area contributed by atoms with E-state index in [1.165, 1.54) is 42.4 Å². The number of allylic oxidation sites excluding steroid dienone is 2. The number of carbonyl (C=O) groups is 1. The summed E-state index contributed by atoms with van der Waals surface area (Å²) in [6.07, 6.45) is 11.7. The Morgan fingerprint density at radius 3 is 1.81 bits per heavy atom. The van der Waals surface area contributed by atoms with E-state index in [2.05, 4.69) is 54.6 Å². The second-order valence-electron chi connectivity index (χ2n) is 6.79. The van der Waals surface area contributed by atoms with Gasteiger partial charge in [0.1, 0.15) is 0 Å². The van der Waals surface area contributed by atoms with Crippen LogP contribution >= 0.6 is 0 Å². The van der Waals surface area contributed by atoms with Crippen LogP contribution < -0.4 is 0 Å². The van der Waals surface area contributed by atoms with E-state index in [-0.39, 0.29) is 0 Å². The summed E-state index contributed by atoms with van der Waals surface area (Å²) in [5.41, 5.74) is 5.58. The van der Waals surface area contributed by atoms with Gasteiger partial charge in [0.15, 0.2) is 0 Å². The first kappa shape index (κ1) is 18.2. The molecule has 26 heavy (non-hydrogen) atoms. The van der Waals surface area contributed by atoms with Crippen LogP contribution in [0, 0.1) is 0 Å². The number of rotatable bonds is 3. The summed E-state index contributed by atoms with van der Waals surface area (Å²) >= 11 is 0. The summed E-state index contributed by atoms with van der Waals surface area (Å²) in [4.78, 5) is 12.3. The van der Waals surface area contributed by atoms with E-state index in [0.29, 0.717) is 0 Å². The van der Waals surface area contributed by atoms with Gasteiger partial charge in [-0.05, 0) is 54.4 Å². The Bertz CT molecular complexity index is 746. The summed E-state index contributed by atoms with van der Waals surface area (Å²) in [6.45, 7) is 1.58. The van der Waals surface area contributed by atoms with Crippen LogP contribution in [0.2, 0.25) is 0 Å². The third kappa shape index (κ3) is 5.19. The van der Waals surface area contributed by atoms with E-state index < -0.39 is 0 Å². The maximum absolute atomic E-state index is 10.5. The number of nitrogens with zero attached hydrogens (tertiary/aromatic N) is 1. The summed E-state index contributed by atoms with van der Waals surface area (Å²) in [6, 6.07) is 21.1. The lowest BCUT2D eigenvalue weighted by atomic mass is 9.94. The smallest absolute Gasteiger partial charge is 0.209 e. The largest absolute Gasteiger partial charge is 0.341 e. The lowest BCUT2D eigenvalue weighted by Gasteiger charge is -2.22. The maximum atomic E-state index is 10.5. The quantitative estimate of drug-likeness (QED) is 0.665. The number of carbonyl (C=O) groups excluding carboxylic acids is 1. The Kier molecular flexibility index (Phi) is 6.83. The molecule has 0 radical (unpaired) electrons. The summed E-state index contributed by atoms with van der Waals surface area (Å²) in [5.74, 6) is 0. The molecule has 2 nitrogen and oxygen atoms in total. The Balaban J connectivity index is 0.000000152. The van der Waals surface area contributed by atoms with Crippen LogP contribution in [-0.4, -0.2) is 24.4 Å². The minimum Gasteiger partial charge on any atom is -0.341 e. The molecule has 2 aromatic carbocycles. The first-order valence-corrected chi connectivity index (χ1v) is 9.55. The van der Waals surface area contributed by atoms with Crippen molar-refractivity contribution in [1.29, 1.82) is 0 Å². The fourth-order valence-corrected chi connectivity index (χ4v) is 3.45. The normalized spacial score (nSPS) is 16.7. The molecular weight excluding hydrogens is 318 g/mol. The molecule has 2 heteroatoms. The van der Waals surface area contributed by atoms with E-state index in [9.17, 15) is 4.79 Å². The van der Waals surface area contributed by atoms with Crippen molar-refractivity contribution < 1.29 is 4.79 Å². The zero-order chi connectivity index (χ0) is 18.0. The molecule has 0 atom stereocenters. The number of hydrogen-bond acceptors (Lipinski definition) is 1. The standard InChI is InChI=1S/C12H13NO.C12H14/c14-10-13-8-6-12(7-9-13)11-4-2-1-3-5-11;1-3-7-11(8-4-1)12-9-5-2-6-10-12/h1-6,10H,7-9H2;1,3-4,7-9H,2,5-6,10H2. The van der Waals surface area contributed by atoms with Gasteiger partial charge in [0.2, 0.25) is 6.41 Å². The van der Waals surface area contributed by atoms with Crippen molar-refractivity contribution in [2.24, 2.45) is 0 Å². The highest BCUT2D eigenvalue weighted by Crippen LogP contribution is 2.26. The summed E-state index contributed by atoms with van der Waals surface area (Å²) < 4.78 is 0. The Labute approximate surface area is 156 Å². The number of hydrogen-bond donors (Lipinski definition) is 0. The highest BCUT2D eigenvalue weighted by atomic mass is 16.1. The summed E-state index contributed by atoms with van der Waals surface area (Å²) in [7, 11) is 0. The predicted octanol–water partition coefficient (Wildman–Crippen LogP) is 5.58. The van der Waals surface area contributed by atoms with Gasteiger partial charge < -0.3 is 4.90 Å². The van der Waals surface area contributed by atoms with Crippen LogP contribution in [0.1, 0.15) is 43.2 Å². The van der Waals surface area contributed by atoms with Gasteiger partial charge in [0, 0.05) is 13.1 Å². The van der Waals surface area contributed by atoms with Crippen LogP contribution in [0.15, 0.2) is 72.8 Å². The number of amides is 1. The number of benzene rings is 2. The fraction of sp³-hybridized carbons (Fsp3) is 0.292. The van der Waals surface area contributed by atoms with E-state index >= 15 is 0 Å². The molecule has 1 heterocycles. The van der Waals surface area contributed by atoms with Crippen molar-refractivity contribution in [3.05, 3.63) is 83.9 Å². The van der Waals surface area contributed by atoms with Crippen molar-refractivity contribution in [3.63, 3.8) is 0 Å². The van der Waals surface area contributed by atoms with Gasteiger partial charge in [0.05, 0.1) is 0 Å². The third-order valence-corrected chi connectivity index (χ3v) is 4.97. The molecule has 134 valence electrons. The van der Waals surface area contributed by atoms with Crippen molar-refractivity contribution in [2.75, 3.05) is 13.1 Å². The highest BCUT2D eigenvalue weighted by molar-refractivity contribution is 5.68. The topological polar surface area (TPSA) is 20.3 Å². The molecular formula is C24H27NO. The van der Waals surface area contributed by atoms with E-state index in [4.69, 9.17) is 0 Å². The second kappa shape index (κ2) is 9.76. The first-order chi connectivity index (χ1) is 12.9. The van der Waals surface area contributed by atoms with Gasteiger partial charge >= 0.3 is 0 Å². The van der Waals surface area contributed by atoms with Crippen LogP contribution in [0.25, 0.3) is 11.1 Å². The monoisotopic (exact) mass is 345 g/mol. The molecule has 4 rings (SSSR count). The van der Waals surface area contributed by atoms with Gasteiger partial charge in [0.25, 0.3) is 0 Å². The van der Waals surface area contributed by atoms with Crippen LogP contribution in [-0.2, 0) is 4.79 Å². The average molecular weight is 345 g/mol. The zero-order valence-corrected chi connectivity index (χ0v) is 15.3. The average Bonchev–Trinajstić information content (AvgIpc) is 2.76. The van der Waals surface area contributed by atoms with Crippen molar-refractivity contribution in [3.8, 4) is 0 Å². The SMILES string of the molecule is C1=C(c2ccccc2)CCCC1.O=CN1CC=C(c2ccccc2)CC1. The minimum atomic E-state index is 0.744. The van der Waals surface area contributed by atoms with Gasteiger partial charge in [-0.3, -0.25) is 4.79 Å². The molecule has 1 amide bonds. The molecule has 2 aliphatic rings. The third-order valence-electron chi connectivity index (χ3n) is 4.97. The molecule has 0 fully saturated rings. The highest BCUT2D eigenvalue weighted by Gasteiger charge is 2.10. The second-order valence-corrected chi connectivity index (χ2v) is 6.79.